The van der Waals surface area contributed by atoms with E-state index in [0.717, 1.165) is 43.4 Å². The van der Waals surface area contributed by atoms with Crippen LogP contribution in [0.2, 0.25) is 0 Å². The van der Waals surface area contributed by atoms with Crippen molar-refractivity contribution in [3.8, 4) is 22.3 Å². The zero-order valence-electron chi connectivity index (χ0n) is 16.7. The van der Waals surface area contributed by atoms with Gasteiger partial charge in [0.2, 0.25) is 0 Å². The Bertz CT molecular complexity index is 1460. The van der Waals surface area contributed by atoms with Crippen LogP contribution in [-0.2, 0) is 5.60 Å². The average Bonchev–Trinajstić information content (AvgIpc) is 3.08. The Morgan fingerprint density at radius 2 is 1.06 bits per heavy atom. The van der Waals surface area contributed by atoms with E-state index in [9.17, 15) is 5.11 Å². The number of hydrogen-bond donors (Lipinski definition) is 1. The van der Waals surface area contributed by atoms with Crippen LogP contribution in [0, 0.1) is 0 Å². The molecule has 1 N–H and O–H groups in total. The lowest BCUT2D eigenvalue weighted by Gasteiger charge is -2.29. The molecule has 1 aliphatic carbocycles. The van der Waals surface area contributed by atoms with Crippen LogP contribution in [0.25, 0.3) is 33.0 Å². The number of hydrogen-bond acceptors (Lipinski definition) is 1. The van der Waals surface area contributed by atoms with Crippen molar-refractivity contribution >= 4 is 26.7 Å². The van der Waals surface area contributed by atoms with Gasteiger partial charge in [-0.05, 0) is 45.2 Å². The van der Waals surface area contributed by atoms with Gasteiger partial charge in [-0.25, -0.2) is 0 Å². The van der Waals surface area contributed by atoms with Crippen molar-refractivity contribution < 1.29 is 5.11 Å². The molecular weight excluding hydrogens is 444 g/mol. The van der Waals surface area contributed by atoms with Gasteiger partial charge in [0.1, 0.15) is 5.60 Å². The molecule has 0 saturated carbocycles. The van der Waals surface area contributed by atoms with Gasteiger partial charge >= 0.3 is 0 Å². The molecular formula is C29H19BrO. The van der Waals surface area contributed by atoms with Gasteiger partial charge in [-0.3, -0.25) is 0 Å². The van der Waals surface area contributed by atoms with E-state index < -0.39 is 5.60 Å². The highest BCUT2D eigenvalue weighted by Crippen LogP contribution is 2.53. The van der Waals surface area contributed by atoms with Crippen LogP contribution >= 0.6 is 15.9 Å². The van der Waals surface area contributed by atoms with Crippen LogP contribution in [0.4, 0.5) is 0 Å². The molecule has 0 spiro atoms. The second-order valence-corrected chi connectivity index (χ2v) is 8.93. The molecule has 31 heavy (non-hydrogen) atoms. The van der Waals surface area contributed by atoms with E-state index >= 15 is 0 Å². The lowest BCUT2D eigenvalue weighted by molar-refractivity contribution is 0.131. The molecule has 5 aromatic rings. The molecule has 0 aliphatic heterocycles. The molecule has 0 amide bonds. The number of aliphatic hydroxyl groups is 1. The first-order valence-corrected chi connectivity index (χ1v) is 11.2. The summed E-state index contributed by atoms with van der Waals surface area (Å²) in [6.45, 7) is 0. The summed E-state index contributed by atoms with van der Waals surface area (Å²) in [4.78, 5) is 0. The first kappa shape index (κ1) is 18.6. The van der Waals surface area contributed by atoms with E-state index in [1.807, 2.05) is 36.4 Å². The molecule has 1 aliphatic rings. The third kappa shape index (κ3) is 2.65. The lowest BCUT2D eigenvalue weighted by atomic mass is 9.79. The molecule has 5 aromatic carbocycles. The van der Waals surface area contributed by atoms with Crippen molar-refractivity contribution in [3.63, 3.8) is 0 Å². The van der Waals surface area contributed by atoms with Gasteiger partial charge in [0, 0.05) is 21.2 Å². The Morgan fingerprint density at radius 1 is 0.516 bits per heavy atom. The van der Waals surface area contributed by atoms with Gasteiger partial charge < -0.3 is 5.11 Å². The Kier molecular flexibility index (Phi) is 4.14. The maximum Gasteiger partial charge on any atom is 0.142 e. The molecule has 0 bridgehead atoms. The van der Waals surface area contributed by atoms with Gasteiger partial charge in [0.05, 0.1) is 0 Å². The van der Waals surface area contributed by atoms with Gasteiger partial charge in [0.15, 0.2) is 0 Å². The van der Waals surface area contributed by atoms with E-state index in [1.54, 1.807) is 0 Å². The quantitative estimate of drug-likeness (QED) is 0.287. The third-order valence-electron chi connectivity index (χ3n) is 6.38. The van der Waals surface area contributed by atoms with E-state index in [1.165, 1.54) is 10.8 Å². The molecule has 1 unspecified atom stereocenters. The minimum Gasteiger partial charge on any atom is -0.376 e. The summed E-state index contributed by atoms with van der Waals surface area (Å²) < 4.78 is 0.958. The zero-order valence-corrected chi connectivity index (χ0v) is 18.3. The topological polar surface area (TPSA) is 20.2 Å². The average molecular weight is 463 g/mol. The molecule has 0 radical (unpaired) electrons. The largest absolute Gasteiger partial charge is 0.376 e. The van der Waals surface area contributed by atoms with E-state index in [0.29, 0.717) is 0 Å². The fourth-order valence-corrected chi connectivity index (χ4v) is 5.37. The van der Waals surface area contributed by atoms with Crippen molar-refractivity contribution in [2.24, 2.45) is 0 Å². The Labute approximate surface area is 189 Å². The maximum absolute atomic E-state index is 12.5. The molecule has 0 fully saturated rings. The highest BCUT2D eigenvalue weighted by atomic mass is 79.9. The van der Waals surface area contributed by atoms with Gasteiger partial charge in [-0.15, -0.1) is 0 Å². The smallest absolute Gasteiger partial charge is 0.142 e. The van der Waals surface area contributed by atoms with Gasteiger partial charge in [0.25, 0.3) is 0 Å². The molecule has 1 nitrogen and oxygen atoms in total. The Balaban J connectivity index is 1.70. The number of benzene rings is 5. The van der Waals surface area contributed by atoms with E-state index in [2.05, 4.69) is 88.7 Å². The summed E-state index contributed by atoms with van der Waals surface area (Å²) in [5, 5.41) is 14.9. The van der Waals surface area contributed by atoms with Crippen LogP contribution in [0.5, 0.6) is 0 Å². The van der Waals surface area contributed by atoms with Gasteiger partial charge in [-0.2, -0.15) is 0 Å². The van der Waals surface area contributed by atoms with Crippen LogP contribution in [-0.4, -0.2) is 5.11 Å². The molecule has 148 valence electrons. The molecule has 2 heteroatoms. The summed E-state index contributed by atoms with van der Waals surface area (Å²) in [6, 6.07) is 37.4. The molecule has 0 saturated heterocycles. The van der Waals surface area contributed by atoms with E-state index in [4.69, 9.17) is 0 Å². The monoisotopic (exact) mass is 462 g/mol. The second kappa shape index (κ2) is 6.91. The normalized spacial score (nSPS) is 16.8. The van der Waals surface area contributed by atoms with Crippen LogP contribution < -0.4 is 0 Å². The molecule has 1 atom stereocenters. The number of rotatable bonds is 2. The molecule has 0 aromatic heterocycles. The summed E-state index contributed by atoms with van der Waals surface area (Å²) in [7, 11) is 0. The summed E-state index contributed by atoms with van der Waals surface area (Å²) in [6.07, 6.45) is 0. The standard InChI is InChI=1S/C29H19BrO/c30-20-16-17-25-24-12-4-6-15-27(24)29(31,28(25)18-20)26-14-5-3-11-23(26)22-13-7-9-19-8-1-2-10-21(19)22/h1-18,31H. The predicted molar refractivity (Wildman–Crippen MR) is 131 cm³/mol. The fraction of sp³-hybridized carbons (Fsp3) is 0.0345. The predicted octanol–water partition coefficient (Wildman–Crippen LogP) is 7.53. The summed E-state index contributed by atoms with van der Waals surface area (Å²) in [5.74, 6) is 0. The Hall–Kier alpha value is -3.20. The van der Waals surface area contributed by atoms with E-state index in [-0.39, 0.29) is 0 Å². The number of halogens is 1. The third-order valence-corrected chi connectivity index (χ3v) is 6.87. The highest BCUT2D eigenvalue weighted by Gasteiger charge is 2.44. The van der Waals surface area contributed by atoms with Crippen LogP contribution in [0.15, 0.2) is 114 Å². The van der Waals surface area contributed by atoms with Crippen molar-refractivity contribution in [2.45, 2.75) is 5.60 Å². The first-order valence-electron chi connectivity index (χ1n) is 10.4. The second-order valence-electron chi connectivity index (χ2n) is 8.02. The zero-order chi connectivity index (χ0) is 21.0. The maximum atomic E-state index is 12.5. The minimum absolute atomic E-state index is 0.899. The van der Waals surface area contributed by atoms with Crippen molar-refractivity contribution in [2.75, 3.05) is 0 Å². The van der Waals surface area contributed by atoms with Crippen molar-refractivity contribution in [3.05, 3.63) is 130 Å². The Morgan fingerprint density at radius 3 is 1.84 bits per heavy atom. The van der Waals surface area contributed by atoms with Crippen LogP contribution in [0.1, 0.15) is 16.7 Å². The van der Waals surface area contributed by atoms with Crippen molar-refractivity contribution in [1.82, 2.24) is 0 Å². The highest BCUT2D eigenvalue weighted by molar-refractivity contribution is 9.10. The summed E-state index contributed by atoms with van der Waals surface area (Å²) in [5.41, 5.74) is 5.84. The van der Waals surface area contributed by atoms with Gasteiger partial charge in [-0.1, -0.05) is 113 Å². The lowest BCUT2D eigenvalue weighted by Crippen LogP contribution is -2.27. The molecule has 6 rings (SSSR count). The summed E-state index contributed by atoms with van der Waals surface area (Å²) >= 11 is 3.62. The van der Waals surface area contributed by atoms with Crippen LogP contribution in [0.3, 0.4) is 0 Å². The molecule has 0 heterocycles. The fourth-order valence-electron chi connectivity index (χ4n) is 5.01. The SMILES string of the molecule is OC1(c2ccccc2-c2cccc3ccccc23)c2ccccc2-c2ccc(Br)cc21. The van der Waals surface area contributed by atoms with Crippen molar-refractivity contribution in [1.29, 1.82) is 0 Å². The number of fused-ring (bicyclic) bond motifs is 4. The first-order chi connectivity index (χ1) is 15.2. The minimum atomic E-state index is -1.23.